The van der Waals surface area contributed by atoms with Gasteiger partial charge in [0, 0.05) is 0 Å². The van der Waals surface area contributed by atoms with E-state index in [0.29, 0.717) is 12.8 Å². The van der Waals surface area contributed by atoms with E-state index in [1.807, 2.05) is 0 Å². The monoisotopic (exact) mass is 418 g/mol. The highest BCUT2D eigenvalue weighted by molar-refractivity contribution is 6.09. The molecule has 0 aromatic heterocycles. The van der Waals surface area contributed by atoms with Crippen molar-refractivity contribution in [1.29, 1.82) is 0 Å². The minimum Gasteiger partial charge on any atom is -0.465 e. The number of hydrogen-bond donors (Lipinski definition) is 1. The molecule has 1 saturated heterocycles. The van der Waals surface area contributed by atoms with Crippen LogP contribution < -0.4 is 10.1 Å². The van der Waals surface area contributed by atoms with Gasteiger partial charge in [0.05, 0.1) is 25.3 Å². The van der Waals surface area contributed by atoms with Gasteiger partial charge in [0.2, 0.25) is 0 Å². The second kappa shape index (κ2) is 8.13. The predicted octanol–water partition coefficient (Wildman–Crippen LogP) is 1.42. The molecule has 10 nitrogen and oxygen atoms in total. The molecule has 2 fully saturated rings. The molecule has 160 valence electrons. The standard InChI is InChI=1S/C20H22N2O8/c1-11(22-18(26)20(21-19(22)27)6-4-5-7-20)15(23)30-14-9-12(16(24)28-2)8-13(10-14)17(25)29-3/h8-11H,4-7H2,1-3H3,(H,21,27). The van der Waals surface area contributed by atoms with Gasteiger partial charge in [-0.2, -0.15) is 0 Å². The molecule has 3 amide bonds. The molecule has 1 atom stereocenters. The Labute approximate surface area is 172 Å². The van der Waals surface area contributed by atoms with E-state index in [1.165, 1.54) is 25.1 Å². The molecule has 0 bridgehead atoms. The van der Waals surface area contributed by atoms with Crippen molar-refractivity contribution >= 4 is 29.8 Å². The second-order valence-corrected chi connectivity index (χ2v) is 7.22. The maximum absolute atomic E-state index is 12.8. The summed E-state index contributed by atoms with van der Waals surface area (Å²) in [6.07, 6.45) is 2.68. The van der Waals surface area contributed by atoms with E-state index >= 15 is 0 Å². The van der Waals surface area contributed by atoms with Crippen molar-refractivity contribution in [3.63, 3.8) is 0 Å². The number of amides is 3. The zero-order valence-corrected chi connectivity index (χ0v) is 16.9. The maximum atomic E-state index is 12.8. The molecule has 1 heterocycles. The van der Waals surface area contributed by atoms with Crippen LogP contribution in [0.25, 0.3) is 0 Å². The van der Waals surface area contributed by atoms with Crippen LogP contribution in [0.5, 0.6) is 5.75 Å². The first-order valence-corrected chi connectivity index (χ1v) is 9.41. The fraction of sp³-hybridized carbons (Fsp3) is 0.450. The van der Waals surface area contributed by atoms with Crippen LogP contribution in [0.2, 0.25) is 0 Å². The number of carbonyl (C=O) groups excluding carboxylic acids is 5. The zero-order valence-electron chi connectivity index (χ0n) is 16.9. The largest absolute Gasteiger partial charge is 0.465 e. The number of ether oxygens (including phenoxy) is 3. The Morgan fingerprint density at radius 1 is 1.00 bits per heavy atom. The maximum Gasteiger partial charge on any atom is 0.338 e. The molecule has 30 heavy (non-hydrogen) atoms. The molecule has 3 rings (SSSR count). The van der Waals surface area contributed by atoms with Gasteiger partial charge < -0.3 is 19.5 Å². The lowest BCUT2D eigenvalue weighted by Gasteiger charge is -2.23. The van der Waals surface area contributed by atoms with Gasteiger partial charge in [0.1, 0.15) is 17.3 Å². The van der Waals surface area contributed by atoms with Gasteiger partial charge in [0.25, 0.3) is 5.91 Å². The van der Waals surface area contributed by atoms with Gasteiger partial charge >= 0.3 is 23.9 Å². The van der Waals surface area contributed by atoms with Crippen LogP contribution >= 0.6 is 0 Å². The SMILES string of the molecule is COC(=O)c1cc(OC(=O)C(C)N2C(=O)NC3(CCCC3)C2=O)cc(C(=O)OC)c1. The van der Waals surface area contributed by atoms with Crippen molar-refractivity contribution in [3.8, 4) is 5.75 Å². The molecular formula is C20H22N2O8. The molecule has 1 aromatic rings. The Balaban J connectivity index is 1.83. The highest BCUT2D eigenvalue weighted by atomic mass is 16.5. The topological polar surface area (TPSA) is 128 Å². The molecule has 1 aliphatic heterocycles. The molecule has 1 aliphatic carbocycles. The third kappa shape index (κ3) is 3.72. The fourth-order valence-corrected chi connectivity index (χ4v) is 3.75. The molecule has 1 aromatic carbocycles. The summed E-state index contributed by atoms with van der Waals surface area (Å²) in [5.74, 6) is -2.97. The Morgan fingerprint density at radius 2 is 1.53 bits per heavy atom. The van der Waals surface area contributed by atoms with Crippen molar-refractivity contribution in [1.82, 2.24) is 10.2 Å². The van der Waals surface area contributed by atoms with Gasteiger partial charge in [-0.05, 0) is 38.0 Å². The third-order valence-electron chi connectivity index (χ3n) is 5.35. The summed E-state index contributed by atoms with van der Waals surface area (Å²) < 4.78 is 14.6. The van der Waals surface area contributed by atoms with Crippen molar-refractivity contribution in [2.45, 2.75) is 44.2 Å². The number of nitrogens with one attached hydrogen (secondary N) is 1. The molecule has 1 spiro atoms. The summed E-state index contributed by atoms with van der Waals surface area (Å²) in [5.41, 5.74) is -1.01. The predicted molar refractivity (Wildman–Crippen MR) is 101 cm³/mol. The lowest BCUT2D eigenvalue weighted by molar-refractivity contribution is -0.145. The van der Waals surface area contributed by atoms with E-state index < -0.39 is 41.4 Å². The van der Waals surface area contributed by atoms with Crippen LogP contribution in [0.15, 0.2) is 18.2 Å². The molecule has 10 heteroatoms. The van der Waals surface area contributed by atoms with Crippen LogP contribution in [0.1, 0.15) is 53.3 Å². The number of esters is 3. The number of rotatable bonds is 5. The van der Waals surface area contributed by atoms with Gasteiger partial charge in [0.15, 0.2) is 0 Å². The van der Waals surface area contributed by atoms with Crippen LogP contribution in [0.4, 0.5) is 4.79 Å². The van der Waals surface area contributed by atoms with E-state index in [-0.39, 0.29) is 16.9 Å². The zero-order chi connectivity index (χ0) is 22.1. The quantitative estimate of drug-likeness (QED) is 0.432. The van der Waals surface area contributed by atoms with Crippen LogP contribution in [-0.4, -0.2) is 60.5 Å². The smallest absolute Gasteiger partial charge is 0.338 e. The number of carbonyl (C=O) groups is 5. The number of nitrogens with zero attached hydrogens (tertiary/aromatic N) is 1. The van der Waals surface area contributed by atoms with E-state index in [1.54, 1.807) is 0 Å². The van der Waals surface area contributed by atoms with E-state index in [2.05, 4.69) is 14.8 Å². The minimum atomic E-state index is -1.21. The molecular weight excluding hydrogens is 396 g/mol. The third-order valence-corrected chi connectivity index (χ3v) is 5.35. The Hall–Kier alpha value is -3.43. The number of imide groups is 1. The Kier molecular flexibility index (Phi) is 5.77. The summed E-state index contributed by atoms with van der Waals surface area (Å²) >= 11 is 0. The van der Waals surface area contributed by atoms with Gasteiger partial charge in [-0.25, -0.2) is 24.1 Å². The molecule has 2 aliphatic rings. The Bertz CT molecular complexity index is 885. The average molecular weight is 418 g/mol. The number of methoxy groups -OCH3 is 2. The first-order valence-electron chi connectivity index (χ1n) is 9.41. The van der Waals surface area contributed by atoms with Crippen molar-refractivity contribution < 1.29 is 38.2 Å². The molecule has 1 saturated carbocycles. The summed E-state index contributed by atoms with van der Waals surface area (Å²) in [4.78, 5) is 62.4. The first-order chi connectivity index (χ1) is 14.2. The second-order valence-electron chi connectivity index (χ2n) is 7.22. The number of hydrogen-bond acceptors (Lipinski definition) is 8. The van der Waals surface area contributed by atoms with Crippen LogP contribution in [0, 0.1) is 0 Å². The highest BCUT2D eigenvalue weighted by Crippen LogP contribution is 2.36. The van der Waals surface area contributed by atoms with Crippen LogP contribution in [0.3, 0.4) is 0 Å². The summed E-state index contributed by atoms with van der Waals surface area (Å²) in [7, 11) is 2.33. The van der Waals surface area contributed by atoms with Gasteiger partial charge in [-0.3, -0.25) is 4.79 Å². The summed E-state index contributed by atoms with van der Waals surface area (Å²) in [6.45, 7) is 1.37. The molecule has 0 radical (unpaired) electrons. The first kappa shape index (κ1) is 21.3. The lowest BCUT2D eigenvalue weighted by atomic mass is 9.98. The van der Waals surface area contributed by atoms with E-state index in [9.17, 15) is 24.0 Å². The molecule has 1 N–H and O–H groups in total. The van der Waals surface area contributed by atoms with Crippen molar-refractivity contribution in [2.75, 3.05) is 14.2 Å². The van der Waals surface area contributed by atoms with Gasteiger partial charge in [-0.15, -0.1) is 0 Å². The van der Waals surface area contributed by atoms with E-state index in [0.717, 1.165) is 32.0 Å². The highest BCUT2D eigenvalue weighted by Gasteiger charge is 2.54. The van der Waals surface area contributed by atoms with Crippen LogP contribution in [-0.2, 0) is 19.1 Å². The summed E-state index contributed by atoms with van der Waals surface area (Å²) in [5, 5.41) is 2.70. The lowest BCUT2D eigenvalue weighted by Crippen LogP contribution is -2.47. The van der Waals surface area contributed by atoms with E-state index in [4.69, 9.17) is 4.74 Å². The Morgan fingerprint density at radius 3 is 2.03 bits per heavy atom. The fourth-order valence-electron chi connectivity index (χ4n) is 3.75. The molecule has 1 unspecified atom stereocenters. The summed E-state index contributed by atoms with van der Waals surface area (Å²) in [6, 6.07) is 1.81. The van der Waals surface area contributed by atoms with Crippen molar-refractivity contribution in [2.24, 2.45) is 0 Å². The number of benzene rings is 1. The normalized spacial score (nSPS) is 18.2. The minimum absolute atomic E-state index is 0.0317. The average Bonchev–Trinajstić information content (AvgIpc) is 3.30. The number of urea groups is 1. The van der Waals surface area contributed by atoms with Gasteiger partial charge in [-0.1, -0.05) is 12.8 Å². The van der Waals surface area contributed by atoms with Crippen molar-refractivity contribution in [3.05, 3.63) is 29.3 Å².